The van der Waals surface area contributed by atoms with Crippen LogP contribution in [0.1, 0.15) is 31.9 Å². The Hall–Kier alpha value is -1.08. The van der Waals surface area contributed by atoms with Gasteiger partial charge in [-0.05, 0) is 62.8 Å². The highest BCUT2D eigenvalue weighted by molar-refractivity contribution is 5.74. The van der Waals surface area contributed by atoms with E-state index in [-0.39, 0.29) is 0 Å². The van der Waals surface area contributed by atoms with Crippen molar-refractivity contribution >= 4 is 5.57 Å². The highest BCUT2D eigenvalue weighted by Crippen LogP contribution is 2.36. The molecule has 1 rings (SSSR count). The lowest BCUT2D eigenvalue weighted by atomic mass is 9.78. The fourth-order valence-electron chi connectivity index (χ4n) is 1.81. The van der Waals surface area contributed by atoms with E-state index in [1.54, 1.807) is 13.8 Å². The standard InChI is InChI=1S/C16H22O/c1-12-9-7-8-10-13(12)14(15(2,3)4)11-16(5,6)17/h7-11,17H,2-3H2,1,4-6H3/b14-11-. The van der Waals surface area contributed by atoms with E-state index in [2.05, 4.69) is 26.8 Å². The van der Waals surface area contributed by atoms with E-state index in [0.29, 0.717) is 0 Å². The third kappa shape index (κ3) is 4.01. The Morgan fingerprint density at radius 3 is 2.12 bits per heavy atom. The van der Waals surface area contributed by atoms with Gasteiger partial charge in [-0.3, -0.25) is 0 Å². The van der Waals surface area contributed by atoms with E-state index in [1.165, 1.54) is 5.56 Å². The topological polar surface area (TPSA) is 20.2 Å². The first-order valence-electron chi connectivity index (χ1n) is 5.84. The number of allylic oxidation sites excluding steroid dienone is 1. The second-order valence-electron chi connectivity index (χ2n) is 5.59. The van der Waals surface area contributed by atoms with E-state index < -0.39 is 11.0 Å². The van der Waals surface area contributed by atoms with Gasteiger partial charge in [0.05, 0.1) is 5.60 Å². The van der Waals surface area contributed by atoms with Gasteiger partial charge in [-0.2, -0.15) is 0 Å². The van der Waals surface area contributed by atoms with Crippen LogP contribution in [0.3, 0.4) is 0 Å². The van der Waals surface area contributed by atoms with Crippen molar-refractivity contribution in [3.63, 3.8) is 0 Å². The van der Waals surface area contributed by atoms with Gasteiger partial charge >= 0.3 is 0 Å². The van der Waals surface area contributed by atoms with E-state index >= 15 is 0 Å². The van der Waals surface area contributed by atoms with Gasteiger partial charge in [-0.1, -0.05) is 31.2 Å². The van der Waals surface area contributed by atoms with Crippen LogP contribution in [0.25, 0.3) is 5.57 Å². The van der Waals surface area contributed by atoms with Crippen LogP contribution in [-0.4, -0.2) is 10.7 Å². The van der Waals surface area contributed by atoms with Crippen molar-refractivity contribution in [3.8, 4) is 0 Å². The molecule has 0 bridgehead atoms. The fourth-order valence-corrected chi connectivity index (χ4v) is 1.81. The zero-order valence-electron chi connectivity index (χ0n) is 11.2. The summed E-state index contributed by atoms with van der Waals surface area (Å²) in [6.07, 6.45) is 1.84. The van der Waals surface area contributed by atoms with Crippen molar-refractivity contribution in [2.45, 2.75) is 33.3 Å². The molecule has 1 aromatic carbocycles. The minimum absolute atomic E-state index is 0.480. The molecule has 0 amide bonds. The van der Waals surface area contributed by atoms with Gasteiger partial charge in [0.15, 0.2) is 0 Å². The van der Waals surface area contributed by atoms with Crippen LogP contribution in [0.2, 0.25) is 0 Å². The molecule has 0 atom stereocenters. The van der Waals surface area contributed by atoms with Gasteiger partial charge in [-0.15, -0.1) is 0 Å². The van der Waals surface area contributed by atoms with Crippen molar-refractivity contribution in [3.05, 3.63) is 55.3 Å². The predicted molar refractivity (Wildman–Crippen MR) is 74.3 cm³/mol. The molecule has 0 aliphatic heterocycles. The lowest BCUT2D eigenvalue weighted by Crippen LogP contribution is -2.19. The number of aryl methyl sites for hydroxylation is 1. The molecular weight excluding hydrogens is 208 g/mol. The molecule has 0 aliphatic carbocycles. The van der Waals surface area contributed by atoms with Crippen LogP contribution in [0.4, 0.5) is 0 Å². The van der Waals surface area contributed by atoms with Gasteiger partial charge < -0.3 is 5.11 Å². The average Bonchev–Trinajstić information content (AvgIpc) is 2.12. The molecule has 0 aliphatic rings. The highest BCUT2D eigenvalue weighted by Gasteiger charge is 2.23. The van der Waals surface area contributed by atoms with Crippen molar-refractivity contribution in [2.75, 3.05) is 0 Å². The Labute approximate surface area is 105 Å². The molecule has 92 valence electrons. The summed E-state index contributed by atoms with van der Waals surface area (Å²) in [7, 11) is 0. The highest BCUT2D eigenvalue weighted by atomic mass is 16.3. The molecule has 0 heterocycles. The Kier molecular flexibility index (Phi) is 3.83. The van der Waals surface area contributed by atoms with Crippen molar-refractivity contribution in [2.24, 2.45) is 5.41 Å². The first kappa shape index (κ1) is 14.0. The summed E-state index contributed by atoms with van der Waals surface area (Å²) in [5.41, 5.74) is 1.90. The predicted octanol–water partition coefficient (Wildman–Crippen LogP) is 3.82. The van der Waals surface area contributed by atoms with Gasteiger partial charge in [0.1, 0.15) is 0 Å². The second kappa shape index (κ2) is 4.66. The first-order valence-corrected chi connectivity index (χ1v) is 5.84. The van der Waals surface area contributed by atoms with Gasteiger partial charge in [0, 0.05) is 0 Å². The van der Waals surface area contributed by atoms with Gasteiger partial charge in [0.25, 0.3) is 0 Å². The molecule has 0 unspecified atom stereocenters. The maximum atomic E-state index is 9.97. The summed E-state index contributed by atoms with van der Waals surface area (Å²) in [5.74, 6) is 0. The van der Waals surface area contributed by atoms with Crippen LogP contribution in [0.5, 0.6) is 0 Å². The number of hydrogen-bond acceptors (Lipinski definition) is 1. The van der Waals surface area contributed by atoms with Crippen LogP contribution in [0, 0.1) is 26.2 Å². The number of hydrogen-bond donors (Lipinski definition) is 1. The molecule has 2 radical (unpaired) electrons. The van der Waals surface area contributed by atoms with Crippen LogP contribution in [0.15, 0.2) is 30.3 Å². The molecular formula is C16H22O. The molecule has 17 heavy (non-hydrogen) atoms. The summed E-state index contributed by atoms with van der Waals surface area (Å²) in [6.45, 7) is 15.7. The largest absolute Gasteiger partial charge is 0.386 e. The third-order valence-electron chi connectivity index (χ3n) is 2.58. The quantitative estimate of drug-likeness (QED) is 0.837. The summed E-state index contributed by atoms with van der Waals surface area (Å²) in [5, 5.41) is 9.97. The minimum Gasteiger partial charge on any atom is -0.386 e. The monoisotopic (exact) mass is 230 g/mol. The van der Waals surface area contributed by atoms with Crippen molar-refractivity contribution in [1.29, 1.82) is 0 Å². The molecule has 1 aromatic rings. The fraction of sp³-hybridized carbons (Fsp3) is 0.375. The Morgan fingerprint density at radius 2 is 1.71 bits per heavy atom. The molecule has 1 heteroatoms. The molecule has 0 spiro atoms. The van der Waals surface area contributed by atoms with E-state index in [4.69, 9.17) is 0 Å². The smallest absolute Gasteiger partial charge is 0.0777 e. The van der Waals surface area contributed by atoms with Gasteiger partial charge in [0.2, 0.25) is 0 Å². The summed E-state index contributed by atoms with van der Waals surface area (Å²) < 4.78 is 0. The zero-order valence-corrected chi connectivity index (χ0v) is 11.2. The maximum absolute atomic E-state index is 9.97. The van der Waals surface area contributed by atoms with E-state index in [0.717, 1.165) is 11.1 Å². The SMILES string of the molecule is [CH2]C([CH2])(C)/C(=C\C(C)(C)O)c1ccccc1C. The molecule has 0 aromatic heterocycles. The molecule has 0 fully saturated rings. The maximum Gasteiger partial charge on any atom is 0.0777 e. The molecule has 0 saturated carbocycles. The van der Waals surface area contributed by atoms with Crippen molar-refractivity contribution < 1.29 is 5.11 Å². The second-order valence-corrected chi connectivity index (χ2v) is 5.59. The zero-order chi connectivity index (χ0) is 13.3. The summed E-state index contributed by atoms with van der Waals surface area (Å²) in [4.78, 5) is 0. The van der Waals surface area contributed by atoms with Crippen LogP contribution in [-0.2, 0) is 0 Å². The molecule has 1 N–H and O–H groups in total. The van der Waals surface area contributed by atoms with E-state index in [1.807, 2.05) is 31.2 Å². The van der Waals surface area contributed by atoms with Crippen LogP contribution >= 0.6 is 0 Å². The lowest BCUT2D eigenvalue weighted by molar-refractivity contribution is 0.133. The molecule has 1 nitrogen and oxygen atoms in total. The Bertz CT molecular complexity index is 414. The number of benzene rings is 1. The average molecular weight is 230 g/mol. The normalized spacial score (nSPS) is 13.9. The number of aliphatic hydroxyl groups is 1. The van der Waals surface area contributed by atoms with Gasteiger partial charge in [-0.25, -0.2) is 0 Å². The van der Waals surface area contributed by atoms with Crippen LogP contribution < -0.4 is 0 Å². The van der Waals surface area contributed by atoms with E-state index in [9.17, 15) is 5.11 Å². The van der Waals surface area contributed by atoms with Crippen molar-refractivity contribution in [1.82, 2.24) is 0 Å². The third-order valence-corrected chi connectivity index (χ3v) is 2.58. The Morgan fingerprint density at radius 1 is 1.18 bits per heavy atom. The summed E-state index contributed by atoms with van der Waals surface area (Å²) >= 11 is 0. The first-order chi connectivity index (χ1) is 7.61. The Balaban J connectivity index is 3.37. The lowest BCUT2D eigenvalue weighted by Gasteiger charge is -2.27. The summed E-state index contributed by atoms with van der Waals surface area (Å²) in [6, 6.07) is 8.09. The minimum atomic E-state index is -0.867. The molecule has 0 saturated heterocycles. The number of rotatable bonds is 3.